The molecule has 3 aromatic rings. The predicted molar refractivity (Wildman–Crippen MR) is 139 cm³/mol. The van der Waals surface area contributed by atoms with Crippen LogP contribution in [0.4, 0.5) is 4.39 Å². The van der Waals surface area contributed by atoms with Crippen molar-refractivity contribution in [2.45, 2.75) is 51.7 Å². The minimum Gasteiger partial charge on any atom is -0.504 e. The highest BCUT2D eigenvalue weighted by Crippen LogP contribution is 2.28. The van der Waals surface area contributed by atoms with Gasteiger partial charge in [-0.15, -0.1) is 0 Å². The van der Waals surface area contributed by atoms with E-state index in [9.17, 15) is 17.9 Å². The second-order valence-electron chi connectivity index (χ2n) is 9.49. The Morgan fingerprint density at radius 2 is 1.95 bits per heavy atom. The van der Waals surface area contributed by atoms with Crippen molar-refractivity contribution in [2.24, 2.45) is 5.14 Å². The summed E-state index contributed by atoms with van der Waals surface area (Å²) < 4.78 is 41.4. The van der Waals surface area contributed by atoms with Gasteiger partial charge in [-0.1, -0.05) is 12.1 Å². The van der Waals surface area contributed by atoms with Crippen LogP contribution in [0.5, 0.6) is 11.5 Å². The van der Waals surface area contributed by atoms with Crippen molar-refractivity contribution in [3.63, 3.8) is 0 Å². The first-order valence-electron chi connectivity index (χ1n) is 12.2. The summed E-state index contributed by atoms with van der Waals surface area (Å²) in [5, 5.41) is 18.3. The molecule has 0 radical (unpaired) electrons. The van der Waals surface area contributed by atoms with Crippen molar-refractivity contribution < 1.29 is 22.1 Å². The van der Waals surface area contributed by atoms with Crippen molar-refractivity contribution >= 4 is 10.3 Å². The van der Waals surface area contributed by atoms with E-state index >= 15 is 0 Å². The minimum absolute atomic E-state index is 0.229. The number of nitrogens with one attached hydrogen (secondary N) is 1. The average Bonchev–Trinajstić information content (AvgIpc) is 2.84. The number of phenolic OH excluding ortho intramolecular Hbond substituents is 1. The SMILES string of the molecule is C[C@H]1CN(Cc2ccc(F)c(-c3ccnc(CCCc4ccc(OS(N)(=O)=O)c(O)c4)n3)c2)[C@@H](C)CN1. The number of rotatable bonds is 9. The van der Waals surface area contributed by atoms with E-state index in [1.54, 1.807) is 18.3 Å². The van der Waals surface area contributed by atoms with Crippen molar-refractivity contribution in [3.05, 3.63) is 71.4 Å². The first-order valence-corrected chi connectivity index (χ1v) is 13.7. The Balaban J connectivity index is 1.41. The molecule has 1 aliphatic rings. The zero-order chi connectivity index (χ0) is 26.6. The Labute approximate surface area is 216 Å². The maximum absolute atomic E-state index is 14.8. The molecule has 2 aromatic carbocycles. The Bertz CT molecular complexity index is 1350. The third-order valence-corrected chi connectivity index (χ3v) is 6.80. The molecule has 0 aliphatic carbocycles. The normalized spacial score (nSPS) is 18.6. The number of phenols is 1. The van der Waals surface area contributed by atoms with Gasteiger partial charge in [0.05, 0.1) is 5.69 Å². The number of nitrogens with two attached hydrogens (primary N) is 1. The highest BCUT2D eigenvalue weighted by atomic mass is 32.2. The molecular formula is C26H32FN5O4S. The van der Waals surface area contributed by atoms with Crippen LogP contribution >= 0.6 is 0 Å². The largest absolute Gasteiger partial charge is 0.504 e. The molecule has 0 unspecified atom stereocenters. The van der Waals surface area contributed by atoms with Gasteiger partial charge in [0.1, 0.15) is 11.6 Å². The van der Waals surface area contributed by atoms with Crippen LogP contribution in [0.15, 0.2) is 48.7 Å². The van der Waals surface area contributed by atoms with Gasteiger partial charge in [0.2, 0.25) is 0 Å². The highest BCUT2D eigenvalue weighted by molar-refractivity contribution is 7.84. The van der Waals surface area contributed by atoms with Crippen molar-refractivity contribution in [2.75, 3.05) is 13.1 Å². The quantitative estimate of drug-likeness (QED) is 0.386. The fourth-order valence-electron chi connectivity index (χ4n) is 4.45. The van der Waals surface area contributed by atoms with Gasteiger partial charge in [-0.3, -0.25) is 4.90 Å². The van der Waals surface area contributed by atoms with Gasteiger partial charge in [-0.25, -0.2) is 14.4 Å². The molecule has 9 nitrogen and oxygen atoms in total. The number of hydrogen-bond acceptors (Lipinski definition) is 8. The summed E-state index contributed by atoms with van der Waals surface area (Å²) in [6, 6.07) is 12.2. The third-order valence-electron chi connectivity index (χ3n) is 6.39. The van der Waals surface area contributed by atoms with E-state index in [0.29, 0.717) is 48.4 Å². The molecule has 4 rings (SSSR count). The molecule has 1 saturated heterocycles. The number of piperazine rings is 1. The number of nitrogens with zero attached hydrogens (tertiary/aromatic N) is 3. The molecule has 2 heterocycles. The van der Waals surface area contributed by atoms with E-state index in [1.807, 2.05) is 12.1 Å². The number of aryl methyl sites for hydroxylation is 2. The van der Waals surface area contributed by atoms with Gasteiger partial charge in [-0.2, -0.15) is 13.6 Å². The maximum atomic E-state index is 14.8. The molecule has 0 amide bonds. The highest BCUT2D eigenvalue weighted by Gasteiger charge is 2.22. The van der Waals surface area contributed by atoms with E-state index in [2.05, 4.69) is 38.2 Å². The van der Waals surface area contributed by atoms with Crippen LogP contribution < -0.4 is 14.6 Å². The van der Waals surface area contributed by atoms with Gasteiger partial charge in [0.25, 0.3) is 0 Å². The molecule has 1 fully saturated rings. The first kappa shape index (κ1) is 26.9. The first-order chi connectivity index (χ1) is 17.6. The lowest BCUT2D eigenvalue weighted by Gasteiger charge is -2.37. The average molecular weight is 530 g/mol. The number of halogens is 1. The fraction of sp³-hybridized carbons (Fsp3) is 0.385. The summed E-state index contributed by atoms with van der Waals surface area (Å²) in [4.78, 5) is 11.3. The molecule has 1 aliphatic heterocycles. The van der Waals surface area contributed by atoms with E-state index in [1.165, 1.54) is 18.2 Å². The lowest BCUT2D eigenvalue weighted by molar-refractivity contribution is 0.139. The predicted octanol–water partition coefficient (Wildman–Crippen LogP) is 2.93. The summed E-state index contributed by atoms with van der Waals surface area (Å²) in [5.41, 5.74) is 2.80. The van der Waals surface area contributed by atoms with Gasteiger partial charge in [0.15, 0.2) is 11.5 Å². The summed E-state index contributed by atoms with van der Waals surface area (Å²) in [7, 11) is -4.22. The second-order valence-corrected chi connectivity index (χ2v) is 10.6. The van der Waals surface area contributed by atoms with Gasteiger partial charge < -0.3 is 14.6 Å². The number of hydrogen-bond donors (Lipinski definition) is 3. The Morgan fingerprint density at radius 1 is 1.16 bits per heavy atom. The molecule has 11 heteroatoms. The molecule has 0 spiro atoms. The smallest absolute Gasteiger partial charge is 0.380 e. The topological polar surface area (TPSA) is 131 Å². The van der Waals surface area contributed by atoms with Crippen LogP contribution in [0.3, 0.4) is 0 Å². The van der Waals surface area contributed by atoms with Crippen LogP contribution in [0.1, 0.15) is 37.2 Å². The number of aromatic hydroxyl groups is 1. The Morgan fingerprint density at radius 3 is 2.70 bits per heavy atom. The molecule has 1 aromatic heterocycles. The van der Waals surface area contributed by atoms with E-state index < -0.39 is 10.3 Å². The molecule has 0 bridgehead atoms. The number of benzene rings is 2. The lowest BCUT2D eigenvalue weighted by Crippen LogP contribution is -2.53. The van der Waals surface area contributed by atoms with E-state index in [-0.39, 0.29) is 17.3 Å². The van der Waals surface area contributed by atoms with E-state index in [0.717, 1.165) is 30.8 Å². The molecule has 0 saturated carbocycles. The second kappa shape index (κ2) is 11.5. The number of aromatic nitrogens is 2. The summed E-state index contributed by atoms with van der Waals surface area (Å²) >= 11 is 0. The summed E-state index contributed by atoms with van der Waals surface area (Å²) in [6.45, 7) is 6.96. The Hall–Kier alpha value is -3.12. The zero-order valence-corrected chi connectivity index (χ0v) is 21.7. The molecular weight excluding hydrogens is 497 g/mol. The zero-order valence-electron chi connectivity index (χ0n) is 20.9. The molecule has 2 atom stereocenters. The maximum Gasteiger partial charge on any atom is 0.380 e. The van der Waals surface area contributed by atoms with Gasteiger partial charge in [0, 0.05) is 49.9 Å². The molecule has 4 N–H and O–H groups in total. The lowest BCUT2D eigenvalue weighted by atomic mass is 10.0. The van der Waals surface area contributed by atoms with Crippen LogP contribution in [-0.4, -0.2) is 53.6 Å². The van der Waals surface area contributed by atoms with Crippen LogP contribution in [0, 0.1) is 5.82 Å². The van der Waals surface area contributed by atoms with Crippen LogP contribution in [0.2, 0.25) is 0 Å². The Kier molecular flexibility index (Phi) is 8.38. The minimum atomic E-state index is -4.22. The van der Waals surface area contributed by atoms with E-state index in [4.69, 9.17) is 5.14 Å². The standard InChI is InChI=1S/C26H32FN5O4S/c1-17-15-32(18(2)14-30-17)16-20-6-8-22(27)21(12-20)23-10-11-29-26(31-23)5-3-4-19-7-9-25(24(33)13-19)36-37(28,34)35/h6-13,17-18,30,33H,3-5,14-16H2,1-2H3,(H2,28,34,35)/t17-,18-/m0/s1. The van der Waals surface area contributed by atoms with Gasteiger partial charge in [-0.05, 0) is 68.1 Å². The third kappa shape index (κ3) is 7.45. The van der Waals surface area contributed by atoms with Crippen molar-refractivity contribution in [1.29, 1.82) is 0 Å². The molecule has 198 valence electrons. The van der Waals surface area contributed by atoms with Crippen LogP contribution in [-0.2, 0) is 29.7 Å². The summed E-state index contributed by atoms with van der Waals surface area (Å²) in [5.74, 6) is -0.282. The molecule has 37 heavy (non-hydrogen) atoms. The van der Waals surface area contributed by atoms with Gasteiger partial charge >= 0.3 is 10.3 Å². The fourth-order valence-corrected chi connectivity index (χ4v) is 4.84. The van der Waals surface area contributed by atoms with Crippen molar-refractivity contribution in [1.82, 2.24) is 20.2 Å². The van der Waals surface area contributed by atoms with Crippen LogP contribution in [0.25, 0.3) is 11.3 Å². The summed E-state index contributed by atoms with van der Waals surface area (Å²) in [6.07, 6.45) is 3.43. The van der Waals surface area contributed by atoms with Crippen molar-refractivity contribution in [3.8, 4) is 22.8 Å². The monoisotopic (exact) mass is 529 g/mol.